The molecular formula is C13H22BrN3O. The number of hydrogen-bond donors (Lipinski definition) is 1. The zero-order valence-corrected chi connectivity index (χ0v) is 12.9. The van der Waals surface area contributed by atoms with Gasteiger partial charge in [-0.25, -0.2) is 0 Å². The Morgan fingerprint density at radius 2 is 2.06 bits per heavy atom. The first-order valence-corrected chi connectivity index (χ1v) is 7.34. The second-order valence-corrected chi connectivity index (χ2v) is 6.55. The van der Waals surface area contributed by atoms with E-state index in [-0.39, 0.29) is 0 Å². The lowest BCUT2D eigenvalue weighted by Gasteiger charge is -2.39. The van der Waals surface area contributed by atoms with E-state index in [0.29, 0.717) is 5.92 Å². The second-order valence-electron chi connectivity index (χ2n) is 5.69. The highest BCUT2D eigenvalue weighted by atomic mass is 79.9. The van der Waals surface area contributed by atoms with E-state index in [4.69, 9.17) is 0 Å². The highest BCUT2D eigenvalue weighted by Crippen LogP contribution is 2.36. The first-order chi connectivity index (χ1) is 8.42. The summed E-state index contributed by atoms with van der Waals surface area (Å²) in [6, 6.07) is 0. The molecule has 0 atom stereocenters. The Morgan fingerprint density at radius 1 is 1.44 bits per heavy atom. The highest BCUT2D eigenvalue weighted by molar-refractivity contribution is 9.10. The molecule has 0 saturated carbocycles. The zero-order chi connectivity index (χ0) is 13.3. The van der Waals surface area contributed by atoms with Crippen molar-refractivity contribution in [3.8, 4) is 0 Å². The third-order valence-electron chi connectivity index (χ3n) is 3.64. The Bertz CT molecular complexity index is 389. The molecule has 0 spiro atoms. The van der Waals surface area contributed by atoms with E-state index in [1.807, 2.05) is 7.05 Å². The number of likely N-dealkylation sites (tertiary alicyclic amines) is 1. The maximum absolute atomic E-state index is 10.8. The van der Waals surface area contributed by atoms with E-state index in [1.54, 1.807) is 10.9 Å². The third kappa shape index (κ3) is 2.78. The van der Waals surface area contributed by atoms with Crippen molar-refractivity contribution in [3.05, 3.63) is 16.4 Å². The van der Waals surface area contributed by atoms with E-state index in [9.17, 15) is 5.11 Å². The number of nitrogens with zero attached hydrogens (tertiary/aromatic N) is 3. The largest absolute Gasteiger partial charge is 0.383 e. The minimum absolute atomic E-state index is 0.680. The predicted molar refractivity (Wildman–Crippen MR) is 75.3 cm³/mol. The SMILES string of the molecule is CC(C)CN1CCC(O)(c2c(Br)cnn2C)CC1. The molecule has 0 aromatic carbocycles. The maximum atomic E-state index is 10.8. The van der Waals surface area contributed by atoms with Crippen LogP contribution in [0.1, 0.15) is 32.4 Å². The molecule has 1 aliphatic rings. The summed E-state index contributed by atoms with van der Waals surface area (Å²) in [5.74, 6) is 0.680. The Balaban J connectivity index is 2.08. The highest BCUT2D eigenvalue weighted by Gasteiger charge is 2.37. The van der Waals surface area contributed by atoms with Crippen molar-refractivity contribution < 1.29 is 5.11 Å². The molecule has 2 rings (SSSR count). The molecule has 0 amide bonds. The standard InChI is InChI=1S/C13H22BrN3O/c1-10(2)9-17-6-4-13(18,5-7-17)12-11(14)8-15-16(12)3/h8,10,18H,4-7,9H2,1-3H3. The molecule has 0 unspecified atom stereocenters. The van der Waals surface area contributed by atoms with Gasteiger partial charge < -0.3 is 10.0 Å². The molecule has 1 saturated heterocycles. The number of aryl methyl sites for hydroxylation is 1. The van der Waals surface area contributed by atoms with Crippen LogP contribution in [0.25, 0.3) is 0 Å². The Morgan fingerprint density at radius 3 is 2.50 bits per heavy atom. The molecule has 1 fully saturated rings. The normalized spacial score (nSPS) is 20.6. The zero-order valence-electron chi connectivity index (χ0n) is 11.4. The van der Waals surface area contributed by atoms with Crippen molar-refractivity contribution in [2.24, 2.45) is 13.0 Å². The first kappa shape index (κ1) is 14.0. The van der Waals surface area contributed by atoms with Gasteiger partial charge >= 0.3 is 0 Å². The number of aromatic nitrogens is 2. The molecule has 2 heterocycles. The Hall–Kier alpha value is -0.390. The van der Waals surface area contributed by atoms with Gasteiger partial charge in [0, 0.05) is 26.7 Å². The lowest BCUT2D eigenvalue weighted by molar-refractivity contribution is -0.0345. The van der Waals surface area contributed by atoms with E-state index >= 15 is 0 Å². The van der Waals surface area contributed by atoms with Crippen LogP contribution in [0.2, 0.25) is 0 Å². The van der Waals surface area contributed by atoms with Gasteiger partial charge in [0.25, 0.3) is 0 Å². The van der Waals surface area contributed by atoms with Crippen LogP contribution in [0.3, 0.4) is 0 Å². The van der Waals surface area contributed by atoms with Crippen LogP contribution in [0.4, 0.5) is 0 Å². The molecule has 1 aromatic heterocycles. The quantitative estimate of drug-likeness (QED) is 0.929. The molecule has 4 nitrogen and oxygen atoms in total. The summed E-state index contributed by atoms with van der Waals surface area (Å²) in [7, 11) is 1.89. The maximum Gasteiger partial charge on any atom is 0.110 e. The van der Waals surface area contributed by atoms with Gasteiger partial charge in [0.2, 0.25) is 0 Å². The average molecular weight is 316 g/mol. The molecule has 1 aromatic rings. The summed E-state index contributed by atoms with van der Waals surface area (Å²) in [4.78, 5) is 2.43. The first-order valence-electron chi connectivity index (χ1n) is 6.55. The van der Waals surface area contributed by atoms with Crippen molar-refractivity contribution in [3.63, 3.8) is 0 Å². The lowest BCUT2D eigenvalue weighted by Crippen LogP contribution is -2.44. The lowest BCUT2D eigenvalue weighted by atomic mass is 9.88. The van der Waals surface area contributed by atoms with Crippen LogP contribution in [-0.4, -0.2) is 39.4 Å². The third-order valence-corrected chi connectivity index (χ3v) is 4.22. The molecule has 18 heavy (non-hydrogen) atoms. The van der Waals surface area contributed by atoms with Crippen LogP contribution < -0.4 is 0 Å². The summed E-state index contributed by atoms with van der Waals surface area (Å²) < 4.78 is 2.69. The summed E-state index contributed by atoms with van der Waals surface area (Å²) in [6.45, 7) is 7.48. The number of piperidine rings is 1. The van der Waals surface area contributed by atoms with Crippen LogP contribution in [0, 0.1) is 5.92 Å². The van der Waals surface area contributed by atoms with Crippen molar-refractivity contribution in [2.75, 3.05) is 19.6 Å². The van der Waals surface area contributed by atoms with Gasteiger partial charge in [-0.1, -0.05) is 13.8 Å². The van der Waals surface area contributed by atoms with Gasteiger partial charge in [0.05, 0.1) is 16.4 Å². The van der Waals surface area contributed by atoms with Crippen LogP contribution in [0.5, 0.6) is 0 Å². The molecule has 0 radical (unpaired) electrons. The summed E-state index contributed by atoms with van der Waals surface area (Å²) >= 11 is 3.49. The van der Waals surface area contributed by atoms with Gasteiger partial charge in [-0.2, -0.15) is 5.10 Å². The Labute approximate surface area is 117 Å². The molecule has 102 valence electrons. The minimum Gasteiger partial charge on any atom is -0.383 e. The van der Waals surface area contributed by atoms with Crippen molar-refractivity contribution in [2.45, 2.75) is 32.3 Å². The summed E-state index contributed by atoms with van der Waals surface area (Å²) in [6.07, 6.45) is 3.31. The Kier molecular flexibility index (Phi) is 4.14. The van der Waals surface area contributed by atoms with Crippen LogP contribution in [0.15, 0.2) is 10.7 Å². The number of aliphatic hydroxyl groups is 1. The number of rotatable bonds is 3. The fourth-order valence-corrected chi connectivity index (χ4v) is 3.51. The summed E-state index contributed by atoms with van der Waals surface area (Å²) in [5.41, 5.74) is 0.170. The topological polar surface area (TPSA) is 41.3 Å². The molecular weight excluding hydrogens is 294 g/mol. The van der Waals surface area contributed by atoms with Crippen LogP contribution in [-0.2, 0) is 12.6 Å². The molecule has 0 bridgehead atoms. The van der Waals surface area contributed by atoms with Crippen LogP contribution >= 0.6 is 15.9 Å². The van der Waals surface area contributed by atoms with E-state index in [2.05, 4.69) is 39.8 Å². The van der Waals surface area contributed by atoms with Gasteiger partial charge in [0.15, 0.2) is 0 Å². The van der Waals surface area contributed by atoms with Gasteiger partial charge in [-0.05, 0) is 34.7 Å². The van der Waals surface area contributed by atoms with Crippen molar-refractivity contribution in [1.82, 2.24) is 14.7 Å². The molecule has 1 aliphatic heterocycles. The molecule has 1 N–H and O–H groups in total. The van der Waals surface area contributed by atoms with Crippen molar-refractivity contribution in [1.29, 1.82) is 0 Å². The van der Waals surface area contributed by atoms with E-state index < -0.39 is 5.60 Å². The fourth-order valence-electron chi connectivity index (χ4n) is 2.79. The molecule has 5 heteroatoms. The van der Waals surface area contributed by atoms with E-state index in [0.717, 1.165) is 42.6 Å². The average Bonchev–Trinajstić information content (AvgIpc) is 2.62. The predicted octanol–water partition coefficient (Wildman–Crippen LogP) is 2.12. The minimum atomic E-state index is -0.739. The van der Waals surface area contributed by atoms with Gasteiger partial charge in [-0.15, -0.1) is 0 Å². The van der Waals surface area contributed by atoms with Gasteiger partial charge in [-0.3, -0.25) is 4.68 Å². The molecule has 0 aliphatic carbocycles. The number of halogens is 1. The summed E-state index contributed by atoms with van der Waals surface area (Å²) in [5, 5.41) is 15.0. The smallest absolute Gasteiger partial charge is 0.110 e. The second kappa shape index (κ2) is 5.31. The van der Waals surface area contributed by atoms with E-state index in [1.165, 1.54) is 0 Å². The fraction of sp³-hybridized carbons (Fsp3) is 0.769. The monoisotopic (exact) mass is 315 g/mol. The van der Waals surface area contributed by atoms with Gasteiger partial charge in [0.1, 0.15) is 5.60 Å². The van der Waals surface area contributed by atoms with Crippen molar-refractivity contribution >= 4 is 15.9 Å². The number of hydrogen-bond acceptors (Lipinski definition) is 3.